The van der Waals surface area contributed by atoms with Crippen LogP contribution < -0.4 is 14.4 Å². The van der Waals surface area contributed by atoms with E-state index in [4.69, 9.17) is 9.47 Å². The van der Waals surface area contributed by atoms with Crippen molar-refractivity contribution in [3.63, 3.8) is 0 Å². The molecule has 4 heteroatoms. The number of benzene rings is 2. The van der Waals surface area contributed by atoms with Crippen molar-refractivity contribution in [2.45, 2.75) is 6.92 Å². The minimum Gasteiger partial charge on any atom is -0.493 e. The molecule has 0 aromatic heterocycles. The summed E-state index contributed by atoms with van der Waals surface area (Å²) in [6.07, 6.45) is 3.39. The lowest BCUT2D eigenvalue weighted by atomic mass is 10.0. The third-order valence-corrected chi connectivity index (χ3v) is 3.79. The van der Waals surface area contributed by atoms with Gasteiger partial charge < -0.3 is 14.4 Å². The molecule has 0 aliphatic carbocycles. The summed E-state index contributed by atoms with van der Waals surface area (Å²) in [5, 5.41) is 0. The van der Waals surface area contributed by atoms with Crippen LogP contribution in [0.2, 0.25) is 0 Å². The topological polar surface area (TPSA) is 38.8 Å². The van der Waals surface area contributed by atoms with E-state index in [-0.39, 0.29) is 5.78 Å². The van der Waals surface area contributed by atoms with Crippen molar-refractivity contribution < 1.29 is 14.3 Å². The summed E-state index contributed by atoms with van der Waals surface area (Å²) in [6.45, 7) is 1.89. The van der Waals surface area contributed by atoms with E-state index in [1.54, 1.807) is 26.4 Å². The maximum absolute atomic E-state index is 12.4. The summed E-state index contributed by atoms with van der Waals surface area (Å²) in [5.41, 5.74) is 3.54. The number of aryl methyl sites for hydroxylation is 1. The third kappa shape index (κ3) is 3.96. The molecule has 0 saturated carbocycles. The predicted molar refractivity (Wildman–Crippen MR) is 98.4 cm³/mol. The zero-order valence-electron chi connectivity index (χ0n) is 14.8. The Kier molecular flexibility index (Phi) is 5.64. The molecule has 0 unspecified atom stereocenters. The van der Waals surface area contributed by atoms with Gasteiger partial charge in [-0.15, -0.1) is 0 Å². The Balaban J connectivity index is 2.21. The van der Waals surface area contributed by atoms with Gasteiger partial charge in [0, 0.05) is 25.3 Å². The molecule has 0 aliphatic heterocycles. The summed E-state index contributed by atoms with van der Waals surface area (Å²) in [7, 11) is 7.14. The second kappa shape index (κ2) is 7.68. The van der Waals surface area contributed by atoms with Gasteiger partial charge in [-0.3, -0.25) is 4.79 Å². The van der Waals surface area contributed by atoms with Crippen LogP contribution in [0, 0.1) is 6.92 Å². The Labute approximate surface area is 143 Å². The molecule has 126 valence electrons. The van der Waals surface area contributed by atoms with Crippen LogP contribution in [0.25, 0.3) is 6.08 Å². The number of ether oxygens (including phenoxy) is 2. The number of rotatable bonds is 6. The quantitative estimate of drug-likeness (QED) is 0.595. The molecule has 0 bridgehead atoms. The summed E-state index contributed by atoms with van der Waals surface area (Å²) in [4.78, 5) is 14.5. The number of hydrogen-bond acceptors (Lipinski definition) is 4. The average Bonchev–Trinajstić information content (AvgIpc) is 2.59. The highest BCUT2D eigenvalue weighted by molar-refractivity contribution is 6.07. The first-order valence-corrected chi connectivity index (χ1v) is 7.68. The van der Waals surface area contributed by atoms with Crippen LogP contribution in [-0.2, 0) is 0 Å². The summed E-state index contributed by atoms with van der Waals surface area (Å²) < 4.78 is 10.6. The van der Waals surface area contributed by atoms with Crippen molar-refractivity contribution in [1.29, 1.82) is 0 Å². The van der Waals surface area contributed by atoms with Crippen molar-refractivity contribution >= 4 is 17.5 Å². The fraction of sp³-hybridized carbons (Fsp3) is 0.250. The molecule has 0 atom stereocenters. The molecule has 0 radical (unpaired) electrons. The number of anilines is 1. The lowest BCUT2D eigenvalue weighted by molar-refractivity contribution is 0.104. The van der Waals surface area contributed by atoms with Crippen LogP contribution >= 0.6 is 0 Å². The van der Waals surface area contributed by atoms with Crippen LogP contribution in [0.4, 0.5) is 5.69 Å². The Morgan fingerprint density at radius 1 is 1.04 bits per heavy atom. The standard InChI is InChI=1S/C20H23NO3/c1-14-12-16(13-19(23-4)20(14)24-5)18(22)11-8-15-6-9-17(10-7-15)21(2)3/h6-13H,1-5H3/b11-8+. The van der Waals surface area contributed by atoms with Crippen LogP contribution in [-0.4, -0.2) is 34.1 Å². The molecular weight excluding hydrogens is 302 g/mol. The molecule has 0 fully saturated rings. The second-order valence-corrected chi connectivity index (χ2v) is 5.71. The second-order valence-electron chi connectivity index (χ2n) is 5.71. The van der Waals surface area contributed by atoms with Gasteiger partial charge in [0.2, 0.25) is 0 Å². The number of carbonyl (C=O) groups excluding carboxylic acids is 1. The minimum absolute atomic E-state index is 0.0734. The minimum atomic E-state index is -0.0734. The van der Waals surface area contributed by atoms with Crippen molar-refractivity contribution in [3.05, 3.63) is 59.2 Å². The lowest BCUT2D eigenvalue weighted by Gasteiger charge is -2.12. The van der Waals surface area contributed by atoms with Gasteiger partial charge in [-0.1, -0.05) is 18.2 Å². The summed E-state index contributed by atoms with van der Waals surface area (Å²) in [5.74, 6) is 1.14. The molecule has 0 N–H and O–H groups in total. The third-order valence-electron chi connectivity index (χ3n) is 3.79. The molecule has 2 rings (SSSR count). The van der Waals surface area contributed by atoms with Gasteiger partial charge in [-0.05, 0) is 48.4 Å². The molecule has 2 aromatic rings. The zero-order valence-corrected chi connectivity index (χ0v) is 14.8. The van der Waals surface area contributed by atoms with Crippen molar-refractivity contribution in [3.8, 4) is 11.5 Å². The van der Waals surface area contributed by atoms with E-state index in [0.29, 0.717) is 17.1 Å². The highest BCUT2D eigenvalue weighted by Crippen LogP contribution is 2.32. The van der Waals surface area contributed by atoms with Gasteiger partial charge in [0.1, 0.15) is 0 Å². The van der Waals surface area contributed by atoms with Crippen LogP contribution in [0.3, 0.4) is 0 Å². The fourth-order valence-corrected chi connectivity index (χ4v) is 2.45. The van der Waals surface area contributed by atoms with E-state index in [2.05, 4.69) is 0 Å². The average molecular weight is 325 g/mol. The van der Waals surface area contributed by atoms with Crippen LogP contribution in [0.15, 0.2) is 42.5 Å². The summed E-state index contributed by atoms with van der Waals surface area (Å²) >= 11 is 0. The maximum atomic E-state index is 12.4. The number of methoxy groups -OCH3 is 2. The number of hydrogen-bond donors (Lipinski definition) is 0. The van der Waals surface area contributed by atoms with E-state index >= 15 is 0 Å². The van der Waals surface area contributed by atoms with Crippen molar-refractivity contribution in [1.82, 2.24) is 0 Å². The summed E-state index contributed by atoms with van der Waals surface area (Å²) in [6, 6.07) is 11.5. The van der Waals surface area contributed by atoms with E-state index in [9.17, 15) is 4.79 Å². The van der Waals surface area contributed by atoms with E-state index in [0.717, 1.165) is 16.8 Å². The molecule has 24 heavy (non-hydrogen) atoms. The lowest BCUT2D eigenvalue weighted by Crippen LogP contribution is -2.07. The molecular formula is C20H23NO3. The number of nitrogens with zero attached hydrogens (tertiary/aromatic N) is 1. The molecule has 0 amide bonds. The fourth-order valence-electron chi connectivity index (χ4n) is 2.45. The molecule has 4 nitrogen and oxygen atoms in total. The molecule has 0 aliphatic rings. The maximum Gasteiger partial charge on any atom is 0.186 e. The van der Waals surface area contributed by atoms with Crippen molar-refractivity contribution in [2.75, 3.05) is 33.2 Å². The first kappa shape index (κ1) is 17.6. The number of allylic oxidation sites excluding steroid dienone is 1. The van der Waals surface area contributed by atoms with Gasteiger partial charge in [0.05, 0.1) is 14.2 Å². The first-order chi connectivity index (χ1) is 11.5. The molecule has 0 heterocycles. The number of carbonyl (C=O) groups is 1. The highest BCUT2D eigenvalue weighted by Gasteiger charge is 2.12. The Bertz CT molecular complexity index is 746. The van der Waals surface area contributed by atoms with Crippen molar-refractivity contribution in [2.24, 2.45) is 0 Å². The molecule has 2 aromatic carbocycles. The Hall–Kier alpha value is -2.75. The first-order valence-electron chi connectivity index (χ1n) is 7.68. The Morgan fingerprint density at radius 3 is 2.25 bits per heavy atom. The van der Waals surface area contributed by atoms with Gasteiger partial charge in [-0.2, -0.15) is 0 Å². The van der Waals surface area contributed by atoms with Crippen LogP contribution in [0.1, 0.15) is 21.5 Å². The largest absolute Gasteiger partial charge is 0.493 e. The predicted octanol–water partition coefficient (Wildman–Crippen LogP) is 3.97. The smallest absolute Gasteiger partial charge is 0.186 e. The van der Waals surface area contributed by atoms with E-state index < -0.39 is 0 Å². The van der Waals surface area contributed by atoms with Gasteiger partial charge in [0.15, 0.2) is 17.3 Å². The molecule has 0 spiro atoms. The van der Waals surface area contributed by atoms with Gasteiger partial charge in [0.25, 0.3) is 0 Å². The van der Waals surface area contributed by atoms with E-state index in [1.807, 2.05) is 62.3 Å². The highest BCUT2D eigenvalue weighted by atomic mass is 16.5. The normalized spacial score (nSPS) is 10.7. The van der Waals surface area contributed by atoms with Gasteiger partial charge >= 0.3 is 0 Å². The van der Waals surface area contributed by atoms with E-state index in [1.165, 1.54) is 0 Å². The molecule has 0 saturated heterocycles. The SMILES string of the molecule is COc1cc(C(=O)/C=C/c2ccc(N(C)C)cc2)cc(C)c1OC. The monoisotopic (exact) mass is 325 g/mol. The van der Waals surface area contributed by atoms with Gasteiger partial charge in [-0.25, -0.2) is 0 Å². The number of ketones is 1. The zero-order chi connectivity index (χ0) is 17.7. The van der Waals surface area contributed by atoms with Crippen LogP contribution in [0.5, 0.6) is 11.5 Å². The Morgan fingerprint density at radius 2 is 1.71 bits per heavy atom.